The number of carbonyl (C=O) groups is 1. The lowest BCUT2D eigenvalue weighted by Crippen LogP contribution is -2.52. The maximum atomic E-state index is 12.6. The molecule has 0 aromatic carbocycles. The maximum Gasteiger partial charge on any atom is 0.320 e. The molecule has 3 aliphatic rings. The second kappa shape index (κ2) is 8.57. The van der Waals surface area contributed by atoms with Crippen LogP contribution in [0.1, 0.15) is 44.1 Å². The number of urea groups is 1. The molecule has 4 rings (SSSR count). The Hall–Kier alpha value is -1.66. The molecule has 2 amide bonds. The lowest BCUT2D eigenvalue weighted by Gasteiger charge is -2.43. The number of hydrogen-bond acceptors (Lipinski definition) is 4. The average molecular weight is 373 g/mol. The molecule has 0 aliphatic carbocycles. The standard InChI is InChI=1S/C21H31N3O3/c25-20(23-10-1-2-11-23)24-12-7-21(8-13-24)19(6-15-27-21)5-14-26-17-18-4-3-9-22-16-18/h3-4,9,16,19H,1-2,5-8,10-15,17H2/t19-/m0/s1. The summed E-state index contributed by atoms with van der Waals surface area (Å²) in [6, 6.07) is 4.22. The predicted molar refractivity (Wildman–Crippen MR) is 102 cm³/mol. The molecule has 4 heterocycles. The largest absolute Gasteiger partial charge is 0.377 e. The van der Waals surface area contributed by atoms with Gasteiger partial charge in [0.05, 0.1) is 12.2 Å². The molecule has 3 fully saturated rings. The van der Waals surface area contributed by atoms with Gasteiger partial charge in [-0.15, -0.1) is 0 Å². The Labute approximate surface area is 161 Å². The van der Waals surface area contributed by atoms with Crippen molar-refractivity contribution in [2.75, 3.05) is 39.4 Å². The molecule has 0 bridgehead atoms. The van der Waals surface area contributed by atoms with Crippen LogP contribution in [0.2, 0.25) is 0 Å². The van der Waals surface area contributed by atoms with E-state index in [1.165, 1.54) is 0 Å². The first-order valence-corrected chi connectivity index (χ1v) is 10.4. The highest BCUT2D eigenvalue weighted by atomic mass is 16.5. The van der Waals surface area contributed by atoms with Crippen molar-refractivity contribution in [3.8, 4) is 0 Å². The smallest absolute Gasteiger partial charge is 0.320 e. The van der Waals surface area contributed by atoms with E-state index in [0.29, 0.717) is 12.5 Å². The zero-order chi connectivity index (χ0) is 18.5. The van der Waals surface area contributed by atoms with Gasteiger partial charge in [-0.05, 0) is 56.1 Å². The second-order valence-electron chi connectivity index (χ2n) is 8.07. The molecule has 0 saturated carbocycles. The van der Waals surface area contributed by atoms with Crippen LogP contribution in [0.3, 0.4) is 0 Å². The maximum absolute atomic E-state index is 12.6. The fourth-order valence-electron chi connectivity index (χ4n) is 4.83. The number of aromatic nitrogens is 1. The van der Waals surface area contributed by atoms with E-state index in [0.717, 1.165) is 83.5 Å². The van der Waals surface area contributed by atoms with Crippen molar-refractivity contribution in [3.63, 3.8) is 0 Å². The molecule has 148 valence electrons. The van der Waals surface area contributed by atoms with Crippen molar-refractivity contribution in [1.29, 1.82) is 0 Å². The van der Waals surface area contributed by atoms with E-state index in [2.05, 4.69) is 4.98 Å². The number of hydrogen-bond donors (Lipinski definition) is 0. The lowest BCUT2D eigenvalue weighted by molar-refractivity contribution is -0.0672. The third-order valence-electron chi connectivity index (χ3n) is 6.46. The zero-order valence-electron chi connectivity index (χ0n) is 16.1. The Balaban J connectivity index is 1.24. The zero-order valence-corrected chi connectivity index (χ0v) is 16.1. The van der Waals surface area contributed by atoms with Gasteiger partial charge in [-0.1, -0.05) is 6.07 Å². The van der Waals surface area contributed by atoms with Gasteiger partial charge in [0, 0.05) is 51.8 Å². The highest BCUT2D eigenvalue weighted by Gasteiger charge is 2.46. The summed E-state index contributed by atoms with van der Waals surface area (Å²) in [6.45, 7) is 5.70. The number of ether oxygens (including phenoxy) is 2. The van der Waals surface area contributed by atoms with Crippen molar-refractivity contribution in [2.45, 2.75) is 50.7 Å². The Morgan fingerprint density at radius 2 is 2.00 bits per heavy atom. The summed E-state index contributed by atoms with van der Waals surface area (Å²) < 4.78 is 12.1. The minimum atomic E-state index is -0.0422. The fourth-order valence-corrected chi connectivity index (χ4v) is 4.83. The summed E-state index contributed by atoms with van der Waals surface area (Å²) in [6.07, 6.45) is 9.98. The quantitative estimate of drug-likeness (QED) is 0.745. The fraction of sp³-hybridized carbons (Fsp3) is 0.714. The number of nitrogens with zero attached hydrogens (tertiary/aromatic N) is 3. The Morgan fingerprint density at radius 1 is 1.22 bits per heavy atom. The first-order chi connectivity index (χ1) is 13.3. The number of pyridine rings is 1. The van der Waals surface area contributed by atoms with Gasteiger partial charge in [-0.25, -0.2) is 4.79 Å². The molecular weight excluding hydrogens is 342 g/mol. The molecule has 0 radical (unpaired) electrons. The van der Waals surface area contributed by atoms with E-state index in [1.54, 1.807) is 6.20 Å². The number of amides is 2. The van der Waals surface area contributed by atoms with Crippen LogP contribution < -0.4 is 0 Å². The number of carbonyl (C=O) groups excluding carboxylic acids is 1. The van der Waals surface area contributed by atoms with Gasteiger partial charge < -0.3 is 19.3 Å². The van der Waals surface area contributed by atoms with Crippen LogP contribution in [0.4, 0.5) is 4.79 Å². The summed E-state index contributed by atoms with van der Waals surface area (Å²) in [5.74, 6) is 0.537. The normalized spacial score (nSPS) is 24.7. The van der Waals surface area contributed by atoms with Crippen LogP contribution in [0, 0.1) is 5.92 Å². The Morgan fingerprint density at radius 3 is 2.74 bits per heavy atom. The van der Waals surface area contributed by atoms with E-state index < -0.39 is 0 Å². The predicted octanol–water partition coefficient (Wildman–Crippen LogP) is 3.08. The van der Waals surface area contributed by atoms with Crippen molar-refractivity contribution >= 4 is 6.03 Å². The average Bonchev–Trinajstić information content (AvgIpc) is 3.37. The van der Waals surface area contributed by atoms with Crippen LogP contribution in [0.15, 0.2) is 24.5 Å². The summed E-state index contributed by atoms with van der Waals surface area (Å²) in [7, 11) is 0. The van der Waals surface area contributed by atoms with E-state index in [-0.39, 0.29) is 11.6 Å². The minimum absolute atomic E-state index is 0.0422. The third kappa shape index (κ3) is 4.27. The Kier molecular flexibility index (Phi) is 5.93. The monoisotopic (exact) mass is 373 g/mol. The van der Waals surface area contributed by atoms with Gasteiger partial charge in [0.2, 0.25) is 0 Å². The topological polar surface area (TPSA) is 54.9 Å². The van der Waals surface area contributed by atoms with Gasteiger partial charge >= 0.3 is 6.03 Å². The summed E-state index contributed by atoms with van der Waals surface area (Å²) in [5, 5.41) is 0. The number of rotatable bonds is 5. The number of likely N-dealkylation sites (tertiary alicyclic amines) is 2. The van der Waals surface area contributed by atoms with Crippen LogP contribution in [0.25, 0.3) is 0 Å². The van der Waals surface area contributed by atoms with Crippen molar-refractivity contribution < 1.29 is 14.3 Å². The molecule has 6 heteroatoms. The Bertz CT molecular complexity index is 610. The van der Waals surface area contributed by atoms with E-state index in [4.69, 9.17) is 9.47 Å². The van der Waals surface area contributed by atoms with Gasteiger partial charge in [0.1, 0.15) is 0 Å². The van der Waals surface area contributed by atoms with Crippen LogP contribution in [0.5, 0.6) is 0 Å². The molecule has 0 N–H and O–H groups in total. The first-order valence-electron chi connectivity index (χ1n) is 10.4. The summed E-state index contributed by atoms with van der Waals surface area (Å²) >= 11 is 0. The second-order valence-corrected chi connectivity index (χ2v) is 8.07. The molecule has 0 unspecified atom stereocenters. The van der Waals surface area contributed by atoms with Gasteiger partial charge in [0.15, 0.2) is 0 Å². The first kappa shape index (κ1) is 18.7. The third-order valence-corrected chi connectivity index (χ3v) is 6.46. The molecule has 3 saturated heterocycles. The van der Waals surface area contributed by atoms with Crippen LogP contribution in [-0.4, -0.2) is 65.8 Å². The highest BCUT2D eigenvalue weighted by molar-refractivity contribution is 5.74. The molecular formula is C21H31N3O3. The van der Waals surface area contributed by atoms with Crippen molar-refractivity contribution in [3.05, 3.63) is 30.1 Å². The molecule has 6 nitrogen and oxygen atoms in total. The van der Waals surface area contributed by atoms with Gasteiger partial charge in [-0.2, -0.15) is 0 Å². The van der Waals surface area contributed by atoms with Gasteiger partial charge in [-0.3, -0.25) is 4.98 Å². The van der Waals surface area contributed by atoms with Gasteiger partial charge in [0.25, 0.3) is 0 Å². The lowest BCUT2D eigenvalue weighted by atomic mass is 9.78. The van der Waals surface area contributed by atoms with Crippen molar-refractivity contribution in [1.82, 2.24) is 14.8 Å². The highest BCUT2D eigenvalue weighted by Crippen LogP contribution is 2.42. The molecule has 1 spiro atoms. The summed E-state index contributed by atoms with van der Waals surface area (Å²) in [4.78, 5) is 20.8. The number of piperidine rings is 1. The molecule has 1 atom stereocenters. The van der Waals surface area contributed by atoms with E-state index >= 15 is 0 Å². The molecule has 1 aromatic rings. The van der Waals surface area contributed by atoms with Crippen molar-refractivity contribution in [2.24, 2.45) is 5.92 Å². The van der Waals surface area contributed by atoms with Crippen LogP contribution >= 0.6 is 0 Å². The SMILES string of the molecule is O=C(N1CCCC1)N1CCC2(CC1)OCC[C@@H]2CCOCc1cccnc1. The van der Waals surface area contributed by atoms with E-state index in [9.17, 15) is 4.79 Å². The molecule has 1 aromatic heterocycles. The minimum Gasteiger partial charge on any atom is -0.377 e. The molecule has 3 aliphatic heterocycles. The van der Waals surface area contributed by atoms with Crippen LogP contribution in [-0.2, 0) is 16.1 Å². The summed E-state index contributed by atoms with van der Waals surface area (Å²) in [5.41, 5.74) is 1.07. The van der Waals surface area contributed by atoms with E-state index in [1.807, 2.05) is 28.1 Å². The molecule has 27 heavy (non-hydrogen) atoms.